The molecule has 2 heterocycles. The average Bonchev–Trinajstić information content (AvgIpc) is 3.05. The van der Waals surface area contributed by atoms with Gasteiger partial charge in [0.05, 0.1) is 5.69 Å². The van der Waals surface area contributed by atoms with Crippen molar-refractivity contribution in [1.29, 1.82) is 0 Å². The van der Waals surface area contributed by atoms with E-state index in [2.05, 4.69) is 10.4 Å². The Balaban J connectivity index is 1.65. The van der Waals surface area contributed by atoms with Gasteiger partial charge in [0.1, 0.15) is 5.82 Å². The van der Waals surface area contributed by atoms with Gasteiger partial charge in [0, 0.05) is 26.7 Å². The van der Waals surface area contributed by atoms with E-state index in [-0.39, 0.29) is 12.8 Å². The first-order valence-corrected chi connectivity index (χ1v) is 6.94. The average molecular weight is 302 g/mol. The Bertz CT molecular complexity index is 711. The predicted molar refractivity (Wildman–Crippen MR) is 81.0 cm³/mol. The quantitative estimate of drug-likeness (QED) is 0.943. The molecule has 1 aliphatic heterocycles. The molecule has 1 N–H and O–H groups in total. The van der Waals surface area contributed by atoms with Crippen molar-refractivity contribution in [3.63, 3.8) is 0 Å². The van der Waals surface area contributed by atoms with Gasteiger partial charge in [-0.05, 0) is 24.6 Å². The molecule has 1 aliphatic rings. The van der Waals surface area contributed by atoms with E-state index < -0.39 is 0 Å². The summed E-state index contributed by atoms with van der Waals surface area (Å²) in [7, 11) is 3.53. The molecule has 1 aromatic carbocycles. The highest BCUT2D eigenvalue weighted by Gasteiger charge is 2.16. The Morgan fingerprint density at radius 1 is 1.36 bits per heavy atom. The molecule has 7 heteroatoms. The Morgan fingerprint density at radius 2 is 2.14 bits per heavy atom. The highest BCUT2D eigenvalue weighted by Crippen LogP contribution is 2.32. The number of amides is 2. The third-order valence-corrected chi connectivity index (χ3v) is 3.44. The number of urea groups is 1. The Morgan fingerprint density at radius 3 is 2.86 bits per heavy atom. The van der Waals surface area contributed by atoms with Crippen LogP contribution >= 0.6 is 0 Å². The van der Waals surface area contributed by atoms with Gasteiger partial charge in [-0.1, -0.05) is 6.07 Å². The lowest BCUT2D eigenvalue weighted by Gasteiger charge is -2.18. The van der Waals surface area contributed by atoms with Crippen LogP contribution in [0.25, 0.3) is 0 Å². The molecule has 0 saturated heterocycles. The van der Waals surface area contributed by atoms with E-state index in [4.69, 9.17) is 9.47 Å². The van der Waals surface area contributed by atoms with Crippen molar-refractivity contribution >= 4 is 11.8 Å². The minimum absolute atomic E-state index is 0.194. The smallest absolute Gasteiger partial charge is 0.323 e. The SMILES string of the molecule is Cc1cc(NC(=O)N(C)Cc2ccc3c(c2)OCO3)n(C)n1. The summed E-state index contributed by atoms with van der Waals surface area (Å²) in [6.45, 7) is 2.60. The summed E-state index contributed by atoms with van der Waals surface area (Å²) in [5, 5.41) is 7.03. The molecule has 22 heavy (non-hydrogen) atoms. The fourth-order valence-corrected chi connectivity index (χ4v) is 2.32. The highest BCUT2D eigenvalue weighted by atomic mass is 16.7. The molecule has 0 radical (unpaired) electrons. The monoisotopic (exact) mass is 302 g/mol. The first kappa shape index (κ1) is 14.2. The predicted octanol–water partition coefficient (Wildman–Crippen LogP) is 2.12. The van der Waals surface area contributed by atoms with Crippen LogP contribution in [0.1, 0.15) is 11.3 Å². The summed E-state index contributed by atoms with van der Waals surface area (Å²) < 4.78 is 12.3. The van der Waals surface area contributed by atoms with Crippen molar-refractivity contribution in [3.8, 4) is 11.5 Å². The van der Waals surface area contributed by atoms with E-state index in [1.54, 1.807) is 23.7 Å². The number of anilines is 1. The molecule has 0 unspecified atom stereocenters. The van der Waals surface area contributed by atoms with Crippen LogP contribution in [-0.2, 0) is 13.6 Å². The molecule has 0 bridgehead atoms. The van der Waals surface area contributed by atoms with Gasteiger partial charge in [-0.2, -0.15) is 5.10 Å². The molecule has 0 spiro atoms. The summed E-state index contributed by atoms with van der Waals surface area (Å²) in [5.41, 5.74) is 1.83. The Kier molecular flexibility index (Phi) is 3.62. The van der Waals surface area contributed by atoms with Gasteiger partial charge in [-0.15, -0.1) is 0 Å². The molecule has 0 saturated carbocycles. The number of carbonyl (C=O) groups is 1. The number of nitrogens with one attached hydrogen (secondary N) is 1. The molecule has 0 aliphatic carbocycles. The number of hydrogen-bond acceptors (Lipinski definition) is 4. The molecule has 1 aromatic heterocycles. The van der Waals surface area contributed by atoms with Crippen molar-refractivity contribution < 1.29 is 14.3 Å². The van der Waals surface area contributed by atoms with Gasteiger partial charge in [0.2, 0.25) is 6.79 Å². The number of hydrogen-bond donors (Lipinski definition) is 1. The largest absolute Gasteiger partial charge is 0.454 e. The van der Waals surface area contributed by atoms with E-state index >= 15 is 0 Å². The van der Waals surface area contributed by atoms with Crippen molar-refractivity contribution in [3.05, 3.63) is 35.5 Å². The van der Waals surface area contributed by atoms with Gasteiger partial charge in [-0.3, -0.25) is 10.00 Å². The fraction of sp³-hybridized carbons (Fsp3) is 0.333. The minimum Gasteiger partial charge on any atom is -0.454 e. The van der Waals surface area contributed by atoms with Crippen LogP contribution in [0.4, 0.5) is 10.6 Å². The summed E-state index contributed by atoms with van der Waals surface area (Å²) in [6, 6.07) is 7.30. The zero-order valence-corrected chi connectivity index (χ0v) is 12.8. The van der Waals surface area contributed by atoms with Gasteiger partial charge >= 0.3 is 6.03 Å². The number of aromatic nitrogens is 2. The van der Waals surface area contributed by atoms with Gasteiger partial charge < -0.3 is 14.4 Å². The molecule has 2 amide bonds. The Labute approximate surface area is 128 Å². The van der Waals surface area contributed by atoms with Crippen LogP contribution in [0.3, 0.4) is 0 Å². The second-order valence-corrected chi connectivity index (χ2v) is 5.27. The Hall–Kier alpha value is -2.70. The number of nitrogens with zero attached hydrogens (tertiary/aromatic N) is 3. The van der Waals surface area contributed by atoms with Crippen molar-refractivity contribution in [2.24, 2.45) is 7.05 Å². The van der Waals surface area contributed by atoms with Crippen LogP contribution in [0.2, 0.25) is 0 Å². The fourth-order valence-electron chi connectivity index (χ4n) is 2.32. The maximum atomic E-state index is 12.2. The van der Waals surface area contributed by atoms with Crippen molar-refractivity contribution in [2.75, 3.05) is 19.2 Å². The third kappa shape index (κ3) is 2.83. The van der Waals surface area contributed by atoms with Crippen LogP contribution in [0.5, 0.6) is 11.5 Å². The number of aryl methyl sites for hydroxylation is 2. The summed E-state index contributed by atoms with van der Waals surface area (Å²) in [5.74, 6) is 2.12. The number of benzene rings is 1. The topological polar surface area (TPSA) is 68.6 Å². The van der Waals surface area contributed by atoms with E-state index in [0.29, 0.717) is 18.1 Å². The van der Waals surface area contributed by atoms with E-state index in [0.717, 1.165) is 17.0 Å². The van der Waals surface area contributed by atoms with Crippen LogP contribution in [0, 0.1) is 6.92 Å². The van der Waals surface area contributed by atoms with Crippen LogP contribution < -0.4 is 14.8 Å². The standard InChI is InChI=1S/C15H18N4O3/c1-10-6-14(19(3)17-10)16-15(20)18(2)8-11-4-5-12-13(7-11)22-9-21-12/h4-7H,8-9H2,1-3H3,(H,16,20). The van der Waals surface area contributed by atoms with E-state index in [1.807, 2.05) is 31.2 Å². The maximum Gasteiger partial charge on any atom is 0.323 e. The zero-order valence-electron chi connectivity index (χ0n) is 12.8. The second-order valence-electron chi connectivity index (χ2n) is 5.27. The number of fused-ring (bicyclic) bond motifs is 1. The first-order valence-electron chi connectivity index (χ1n) is 6.94. The number of rotatable bonds is 3. The first-order chi connectivity index (χ1) is 10.5. The van der Waals surface area contributed by atoms with Crippen LogP contribution in [0.15, 0.2) is 24.3 Å². The molecule has 2 aromatic rings. The molecule has 0 atom stereocenters. The van der Waals surface area contributed by atoms with Crippen molar-refractivity contribution in [2.45, 2.75) is 13.5 Å². The second kappa shape index (κ2) is 5.59. The number of carbonyl (C=O) groups excluding carboxylic acids is 1. The molecule has 3 rings (SSSR count). The lowest BCUT2D eigenvalue weighted by Crippen LogP contribution is -2.31. The lowest BCUT2D eigenvalue weighted by atomic mass is 10.2. The molecule has 0 fully saturated rings. The molecular formula is C15H18N4O3. The number of ether oxygens (including phenoxy) is 2. The normalized spacial score (nSPS) is 12.3. The van der Waals surface area contributed by atoms with Crippen molar-refractivity contribution in [1.82, 2.24) is 14.7 Å². The third-order valence-electron chi connectivity index (χ3n) is 3.44. The molecule has 116 valence electrons. The van der Waals surface area contributed by atoms with Gasteiger partial charge in [0.25, 0.3) is 0 Å². The summed E-state index contributed by atoms with van der Waals surface area (Å²) in [6.07, 6.45) is 0. The van der Waals surface area contributed by atoms with Gasteiger partial charge in [-0.25, -0.2) is 4.79 Å². The molecular weight excluding hydrogens is 284 g/mol. The highest BCUT2D eigenvalue weighted by molar-refractivity contribution is 5.88. The summed E-state index contributed by atoms with van der Waals surface area (Å²) >= 11 is 0. The lowest BCUT2D eigenvalue weighted by molar-refractivity contribution is 0.174. The molecule has 7 nitrogen and oxygen atoms in total. The van der Waals surface area contributed by atoms with E-state index in [1.165, 1.54) is 0 Å². The minimum atomic E-state index is -0.194. The zero-order chi connectivity index (χ0) is 15.7. The maximum absolute atomic E-state index is 12.2. The van der Waals surface area contributed by atoms with Gasteiger partial charge in [0.15, 0.2) is 11.5 Å². The van der Waals surface area contributed by atoms with E-state index in [9.17, 15) is 4.79 Å². The van der Waals surface area contributed by atoms with Crippen LogP contribution in [-0.4, -0.2) is 34.6 Å². The summed E-state index contributed by atoms with van der Waals surface area (Å²) in [4.78, 5) is 13.8.